The first-order valence-corrected chi connectivity index (χ1v) is 9.51. The van der Waals surface area contributed by atoms with Crippen molar-refractivity contribution < 1.29 is 9.53 Å². The summed E-state index contributed by atoms with van der Waals surface area (Å²) in [5.41, 5.74) is 2.61. The highest BCUT2D eigenvalue weighted by Crippen LogP contribution is 2.26. The molecule has 0 bridgehead atoms. The van der Waals surface area contributed by atoms with Crippen LogP contribution in [0.25, 0.3) is 0 Å². The quantitative estimate of drug-likeness (QED) is 0.756. The molecule has 0 radical (unpaired) electrons. The van der Waals surface area contributed by atoms with E-state index in [-0.39, 0.29) is 11.9 Å². The first-order chi connectivity index (χ1) is 13.1. The topological polar surface area (TPSA) is 87.9 Å². The fraction of sp³-hybridized carbons (Fsp3) is 0.429. The fourth-order valence-corrected chi connectivity index (χ4v) is 3.19. The van der Waals surface area contributed by atoms with Crippen molar-refractivity contribution in [1.82, 2.24) is 9.97 Å². The number of ketones is 1. The Morgan fingerprint density at radius 3 is 2.74 bits per heavy atom. The Morgan fingerprint density at radius 2 is 2.00 bits per heavy atom. The van der Waals surface area contributed by atoms with E-state index in [2.05, 4.69) is 35.2 Å². The molecule has 0 aliphatic heterocycles. The second-order valence-corrected chi connectivity index (χ2v) is 6.72. The number of rotatable bonds is 6. The normalized spacial score (nSPS) is 13.6. The summed E-state index contributed by atoms with van der Waals surface area (Å²) in [4.78, 5) is 20.9. The van der Waals surface area contributed by atoms with Gasteiger partial charge in [0.1, 0.15) is 5.75 Å². The lowest BCUT2D eigenvalue weighted by atomic mass is 10.1. The molecule has 1 aromatic heterocycles. The largest absolute Gasteiger partial charge is 0.490 e. The molecule has 1 aliphatic carbocycles. The van der Waals surface area contributed by atoms with Gasteiger partial charge in [-0.1, -0.05) is 13.8 Å². The van der Waals surface area contributed by atoms with Crippen LogP contribution in [-0.4, -0.2) is 21.9 Å². The number of aryl methyl sites for hydroxylation is 1. The standard InChI is InChI=1S/C21H24N4O2/c1-3-16(4-2)27-17-10-14(12-22)9-15(11-17)24-21-23-13-18-19(25-21)7-5-6-8-20(18)26/h9-11,13,16H,3-8H2,1-2H3,(H,23,24,25). The number of carbonyl (C=O) groups is 1. The summed E-state index contributed by atoms with van der Waals surface area (Å²) < 4.78 is 5.98. The second-order valence-electron chi connectivity index (χ2n) is 6.72. The van der Waals surface area contributed by atoms with E-state index in [0.29, 0.717) is 34.9 Å². The van der Waals surface area contributed by atoms with Gasteiger partial charge in [0.05, 0.1) is 29.0 Å². The number of nitrogens with zero attached hydrogens (tertiary/aromatic N) is 3. The molecule has 0 unspecified atom stereocenters. The average Bonchev–Trinajstić information content (AvgIpc) is 2.87. The highest BCUT2D eigenvalue weighted by Gasteiger charge is 2.18. The molecular weight excluding hydrogens is 340 g/mol. The third-order valence-electron chi connectivity index (χ3n) is 4.74. The van der Waals surface area contributed by atoms with Gasteiger partial charge < -0.3 is 10.1 Å². The zero-order valence-corrected chi connectivity index (χ0v) is 15.8. The number of Topliss-reactive ketones (excluding diaryl/α,β-unsaturated/α-hetero) is 1. The van der Waals surface area contributed by atoms with Crippen molar-refractivity contribution in [3.05, 3.63) is 41.2 Å². The van der Waals surface area contributed by atoms with Crippen molar-refractivity contribution >= 4 is 17.4 Å². The smallest absolute Gasteiger partial charge is 0.227 e. The third kappa shape index (κ3) is 4.62. The van der Waals surface area contributed by atoms with Gasteiger partial charge in [-0.3, -0.25) is 4.79 Å². The van der Waals surface area contributed by atoms with Crippen molar-refractivity contribution in [2.24, 2.45) is 0 Å². The second kappa shape index (κ2) is 8.63. The molecule has 0 spiro atoms. The van der Waals surface area contributed by atoms with Crippen LogP contribution in [0.2, 0.25) is 0 Å². The number of carbonyl (C=O) groups excluding carboxylic acids is 1. The number of hydrogen-bond acceptors (Lipinski definition) is 6. The van der Waals surface area contributed by atoms with E-state index in [1.807, 2.05) is 6.07 Å². The summed E-state index contributed by atoms with van der Waals surface area (Å²) in [6.07, 6.45) is 6.70. The molecule has 140 valence electrons. The molecule has 0 atom stereocenters. The van der Waals surface area contributed by atoms with Crippen LogP contribution in [-0.2, 0) is 6.42 Å². The number of aromatic nitrogens is 2. The Labute approximate surface area is 159 Å². The van der Waals surface area contributed by atoms with Crippen molar-refractivity contribution in [2.45, 2.75) is 58.5 Å². The number of benzene rings is 1. The molecule has 3 rings (SSSR count). The predicted octanol–water partition coefficient (Wildman–Crippen LogP) is 4.57. The zero-order valence-electron chi connectivity index (χ0n) is 15.8. The fourth-order valence-electron chi connectivity index (χ4n) is 3.19. The van der Waals surface area contributed by atoms with Crippen molar-refractivity contribution in [1.29, 1.82) is 5.26 Å². The lowest BCUT2D eigenvalue weighted by molar-refractivity contribution is 0.0981. The minimum atomic E-state index is 0.112. The van der Waals surface area contributed by atoms with E-state index in [9.17, 15) is 10.1 Å². The molecule has 0 saturated carbocycles. The Balaban J connectivity index is 1.86. The number of ether oxygens (including phenoxy) is 1. The zero-order chi connectivity index (χ0) is 19.2. The van der Waals surface area contributed by atoms with Gasteiger partial charge >= 0.3 is 0 Å². The SMILES string of the molecule is CCC(CC)Oc1cc(C#N)cc(Nc2ncc3c(n2)CCCCC3=O)c1. The van der Waals surface area contributed by atoms with Gasteiger partial charge in [-0.15, -0.1) is 0 Å². The first-order valence-electron chi connectivity index (χ1n) is 9.51. The minimum Gasteiger partial charge on any atom is -0.490 e. The molecule has 0 fully saturated rings. The van der Waals surface area contributed by atoms with E-state index in [1.54, 1.807) is 18.3 Å². The molecule has 27 heavy (non-hydrogen) atoms. The van der Waals surface area contributed by atoms with Crippen LogP contribution in [0.1, 0.15) is 67.6 Å². The summed E-state index contributed by atoms with van der Waals surface area (Å²) in [5.74, 6) is 1.18. The first kappa shape index (κ1) is 18.8. The van der Waals surface area contributed by atoms with Gasteiger partial charge in [0.25, 0.3) is 0 Å². The Bertz CT molecular complexity index is 869. The molecule has 1 aliphatic rings. The number of anilines is 2. The molecule has 0 amide bonds. The van der Waals surface area contributed by atoms with Crippen LogP contribution >= 0.6 is 0 Å². The van der Waals surface area contributed by atoms with Crippen LogP contribution in [0.15, 0.2) is 24.4 Å². The van der Waals surface area contributed by atoms with Crippen LogP contribution in [0.3, 0.4) is 0 Å². The van der Waals surface area contributed by atoms with Gasteiger partial charge in [-0.05, 0) is 44.2 Å². The number of hydrogen-bond donors (Lipinski definition) is 1. The van der Waals surface area contributed by atoms with E-state index < -0.39 is 0 Å². The van der Waals surface area contributed by atoms with Crippen LogP contribution in [0.4, 0.5) is 11.6 Å². The van der Waals surface area contributed by atoms with Gasteiger partial charge in [-0.2, -0.15) is 5.26 Å². The molecule has 0 saturated heterocycles. The molecule has 6 nitrogen and oxygen atoms in total. The molecule has 2 aromatic rings. The van der Waals surface area contributed by atoms with Crippen LogP contribution in [0, 0.1) is 11.3 Å². The summed E-state index contributed by atoms with van der Waals surface area (Å²) in [7, 11) is 0. The predicted molar refractivity (Wildman–Crippen MR) is 103 cm³/mol. The molecule has 1 N–H and O–H groups in total. The third-order valence-corrected chi connectivity index (χ3v) is 4.74. The van der Waals surface area contributed by atoms with Gasteiger partial charge in [0.15, 0.2) is 5.78 Å². The molecule has 1 heterocycles. The highest BCUT2D eigenvalue weighted by atomic mass is 16.5. The molecular formula is C21H24N4O2. The number of nitrogens with one attached hydrogen (secondary N) is 1. The summed E-state index contributed by atoms with van der Waals surface area (Å²) >= 11 is 0. The molecule has 1 aromatic carbocycles. The monoisotopic (exact) mass is 364 g/mol. The van der Waals surface area contributed by atoms with E-state index in [0.717, 1.165) is 37.8 Å². The van der Waals surface area contributed by atoms with Crippen molar-refractivity contribution in [2.75, 3.05) is 5.32 Å². The lowest BCUT2D eigenvalue weighted by Gasteiger charge is -2.17. The maximum Gasteiger partial charge on any atom is 0.227 e. The lowest BCUT2D eigenvalue weighted by Crippen LogP contribution is -2.14. The number of fused-ring (bicyclic) bond motifs is 1. The van der Waals surface area contributed by atoms with E-state index >= 15 is 0 Å². The van der Waals surface area contributed by atoms with E-state index in [4.69, 9.17) is 4.74 Å². The van der Waals surface area contributed by atoms with Crippen molar-refractivity contribution in [3.63, 3.8) is 0 Å². The van der Waals surface area contributed by atoms with Gasteiger partial charge in [0, 0.05) is 24.4 Å². The number of nitriles is 1. The average molecular weight is 364 g/mol. The van der Waals surface area contributed by atoms with Crippen LogP contribution in [0.5, 0.6) is 5.75 Å². The molecule has 6 heteroatoms. The Kier molecular flexibility index (Phi) is 6.02. The van der Waals surface area contributed by atoms with Crippen LogP contribution < -0.4 is 10.1 Å². The Hall–Kier alpha value is -2.94. The Morgan fingerprint density at radius 1 is 1.22 bits per heavy atom. The van der Waals surface area contributed by atoms with Gasteiger partial charge in [0.2, 0.25) is 5.95 Å². The van der Waals surface area contributed by atoms with E-state index in [1.165, 1.54) is 0 Å². The maximum absolute atomic E-state index is 12.1. The summed E-state index contributed by atoms with van der Waals surface area (Å²) in [6.45, 7) is 4.15. The minimum absolute atomic E-state index is 0.112. The van der Waals surface area contributed by atoms with Gasteiger partial charge in [-0.25, -0.2) is 9.97 Å². The summed E-state index contributed by atoms with van der Waals surface area (Å²) in [6, 6.07) is 7.48. The van der Waals surface area contributed by atoms with Crippen molar-refractivity contribution in [3.8, 4) is 11.8 Å². The summed E-state index contributed by atoms with van der Waals surface area (Å²) in [5, 5.41) is 12.5. The highest BCUT2D eigenvalue weighted by molar-refractivity contribution is 5.97. The maximum atomic E-state index is 12.1.